The van der Waals surface area contributed by atoms with E-state index in [1.54, 1.807) is 0 Å². The van der Waals surface area contributed by atoms with Crippen LogP contribution in [0.1, 0.15) is 0 Å². The summed E-state index contributed by atoms with van der Waals surface area (Å²) in [6.07, 6.45) is -3.81. The van der Waals surface area contributed by atoms with Crippen LogP contribution in [0.3, 0.4) is 0 Å². The van der Waals surface area contributed by atoms with Gasteiger partial charge in [0.2, 0.25) is 0 Å². The Hall–Kier alpha value is -0.860. The Morgan fingerprint density at radius 3 is 1.28 bits per heavy atom. The quantitative estimate of drug-likeness (QED) is 0.489. The Morgan fingerprint density at radius 1 is 0.611 bits per heavy atom. The van der Waals surface area contributed by atoms with Gasteiger partial charge in [0.1, 0.15) is 12.2 Å². The zero-order valence-corrected chi connectivity index (χ0v) is 8.24. The van der Waals surface area contributed by atoms with Crippen LogP contribution in [0, 0.1) is 0 Å². The summed E-state index contributed by atoms with van der Waals surface area (Å²) in [6, 6.07) is 0. The third-order valence-electron chi connectivity index (χ3n) is 3.77. The summed E-state index contributed by atoms with van der Waals surface area (Å²) < 4.78 is 112. The maximum absolute atomic E-state index is 14.1. The molecule has 0 spiro atoms. The van der Waals surface area contributed by atoms with E-state index in [1.165, 1.54) is 0 Å². The molecule has 9 heteroatoms. The molecule has 3 aliphatic rings. The minimum atomic E-state index is -6.13. The van der Waals surface area contributed by atoms with E-state index < -0.39 is 41.3 Å². The summed E-state index contributed by atoms with van der Waals surface area (Å²) in [7, 11) is 0. The molecule has 3 rings (SSSR count). The maximum atomic E-state index is 14.1. The molecular formula is C9H4F8O. The van der Waals surface area contributed by atoms with Gasteiger partial charge in [-0.2, -0.15) is 26.3 Å². The lowest BCUT2D eigenvalue weighted by atomic mass is 9.78. The van der Waals surface area contributed by atoms with Crippen LogP contribution in [-0.2, 0) is 4.74 Å². The standard InChI is InChI=1S/C9H4F8O/c10-5-3-1-2-4(18-3)6(5,11)8(14,15)9(16,17)7(5,12)13/h1-4H. The second-order valence-electron chi connectivity index (χ2n) is 4.51. The van der Waals surface area contributed by atoms with Crippen molar-refractivity contribution in [3.8, 4) is 0 Å². The molecule has 2 fully saturated rings. The lowest BCUT2D eigenvalue weighted by Crippen LogP contribution is -2.62. The van der Waals surface area contributed by atoms with Gasteiger partial charge in [0.15, 0.2) is 0 Å². The Morgan fingerprint density at radius 2 is 0.944 bits per heavy atom. The van der Waals surface area contributed by atoms with Crippen LogP contribution in [0.4, 0.5) is 35.1 Å². The molecule has 0 N–H and O–H groups in total. The largest absolute Gasteiger partial charge is 0.379 e. The summed E-state index contributed by atoms with van der Waals surface area (Å²) in [5, 5.41) is 0. The molecule has 0 amide bonds. The molecule has 2 aliphatic heterocycles. The zero-order chi connectivity index (χ0) is 13.8. The van der Waals surface area contributed by atoms with Crippen LogP contribution < -0.4 is 0 Å². The Kier molecular flexibility index (Phi) is 1.72. The van der Waals surface area contributed by atoms with Gasteiger partial charge < -0.3 is 4.74 Å². The molecule has 102 valence electrons. The number of alkyl halides is 8. The topological polar surface area (TPSA) is 9.23 Å². The molecule has 1 aliphatic carbocycles. The average Bonchev–Trinajstić information content (AvgIpc) is 2.82. The number of ether oxygens (including phenoxy) is 1. The second kappa shape index (κ2) is 2.54. The van der Waals surface area contributed by atoms with Crippen LogP contribution in [0.5, 0.6) is 0 Å². The molecule has 2 bridgehead atoms. The summed E-state index contributed by atoms with van der Waals surface area (Å²) in [6.45, 7) is 0. The van der Waals surface area contributed by atoms with Crippen LogP contribution in [0.25, 0.3) is 0 Å². The molecule has 0 aromatic rings. The molecule has 1 nitrogen and oxygen atoms in total. The minimum absolute atomic E-state index is 0.549. The van der Waals surface area contributed by atoms with E-state index in [9.17, 15) is 35.1 Å². The molecule has 18 heavy (non-hydrogen) atoms. The molecule has 1 saturated carbocycles. The lowest BCUT2D eigenvalue weighted by Gasteiger charge is -2.34. The summed E-state index contributed by atoms with van der Waals surface area (Å²) in [5.41, 5.74) is -9.57. The summed E-state index contributed by atoms with van der Waals surface area (Å²) in [5.74, 6) is -17.9. The van der Waals surface area contributed by atoms with Gasteiger partial charge >= 0.3 is 17.8 Å². The third-order valence-corrected chi connectivity index (χ3v) is 3.77. The fourth-order valence-electron chi connectivity index (χ4n) is 2.79. The van der Waals surface area contributed by atoms with Gasteiger partial charge in [-0.3, -0.25) is 0 Å². The van der Waals surface area contributed by atoms with Crippen molar-refractivity contribution in [1.29, 1.82) is 0 Å². The normalized spacial score (nSPS) is 53.8. The van der Waals surface area contributed by atoms with Gasteiger partial charge in [-0.15, -0.1) is 0 Å². The van der Waals surface area contributed by atoms with E-state index in [0.717, 1.165) is 0 Å². The second-order valence-corrected chi connectivity index (χ2v) is 4.51. The highest BCUT2D eigenvalue weighted by atomic mass is 19.4. The average molecular weight is 280 g/mol. The first-order valence-electron chi connectivity index (χ1n) is 4.81. The number of hydrogen-bond donors (Lipinski definition) is 0. The van der Waals surface area contributed by atoms with Crippen LogP contribution >= 0.6 is 0 Å². The molecule has 0 aromatic heterocycles. The maximum Gasteiger partial charge on any atom is 0.379 e. The third kappa shape index (κ3) is 0.713. The summed E-state index contributed by atoms with van der Waals surface area (Å²) in [4.78, 5) is 0. The number of hydrogen-bond acceptors (Lipinski definition) is 1. The van der Waals surface area contributed by atoms with Crippen molar-refractivity contribution < 1.29 is 39.9 Å². The molecular weight excluding hydrogens is 276 g/mol. The van der Waals surface area contributed by atoms with E-state index in [1.807, 2.05) is 0 Å². The highest BCUT2D eigenvalue weighted by Crippen LogP contribution is 2.74. The van der Waals surface area contributed by atoms with E-state index in [-0.39, 0.29) is 0 Å². The predicted molar refractivity (Wildman–Crippen MR) is 40.3 cm³/mol. The monoisotopic (exact) mass is 280 g/mol. The summed E-state index contributed by atoms with van der Waals surface area (Å²) >= 11 is 0. The van der Waals surface area contributed by atoms with Crippen molar-refractivity contribution in [2.75, 3.05) is 0 Å². The van der Waals surface area contributed by atoms with Gasteiger partial charge in [-0.05, 0) is 0 Å². The minimum Gasteiger partial charge on any atom is -0.359 e. The lowest BCUT2D eigenvalue weighted by molar-refractivity contribution is -0.303. The van der Waals surface area contributed by atoms with Crippen molar-refractivity contribution in [2.45, 2.75) is 41.3 Å². The van der Waals surface area contributed by atoms with Gasteiger partial charge in [-0.1, -0.05) is 12.2 Å². The van der Waals surface area contributed by atoms with Crippen molar-refractivity contribution in [3.05, 3.63) is 12.2 Å². The van der Waals surface area contributed by atoms with Crippen molar-refractivity contribution in [2.24, 2.45) is 0 Å². The van der Waals surface area contributed by atoms with Crippen molar-refractivity contribution in [3.63, 3.8) is 0 Å². The smallest absolute Gasteiger partial charge is 0.359 e. The van der Waals surface area contributed by atoms with Crippen molar-refractivity contribution in [1.82, 2.24) is 0 Å². The van der Waals surface area contributed by atoms with E-state index >= 15 is 0 Å². The fourth-order valence-corrected chi connectivity index (χ4v) is 2.79. The number of halogens is 8. The molecule has 1 saturated heterocycles. The van der Waals surface area contributed by atoms with Crippen LogP contribution in [-0.4, -0.2) is 41.3 Å². The molecule has 0 radical (unpaired) electrons. The first kappa shape index (κ1) is 12.2. The van der Waals surface area contributed by atoms with E-state index in [0.29, 0.717) is 12.2 Å². The predicted octanol–water partition coefficient (Wildman–Crippen LogP) is 2.66. The molecule has 0 aromatic carbocycles. The molecule has 4 atom stereocenters. The SMILES string of the molecule is FC1(F)C(F)(F)C2(F)C3C=CC(O3)C2(F)C1(F)F. The Balaban J connectivity index is 2.35. The Bertz CT molecular complexity index is 421. The van der Waals surface area contributed by atoms with Gasteiger partial charge in [-0.25, -0.2) is 8.78 Å². The first-order valence-corrected chi connectivity index (χ1v) is 4.81. The molecule has 2 heterocycles. The zero-order valence-electron chi connectivity index (χ0n) is 8.24. The van der Waals surface area contributed by atoms with E-state index in [2.05, 4.69) is 4.74 Å². The van der Waals surface area contributed by atoms with Crippen molar-refractivity contribution >= 4 is 0 Å². The van der Waals surface area contributed by atoms with Gasteiger partial charge in [0.25, 0.3) is 11.3 Å². The molecule has 4 unspecified atom stereocenters. The van der Waals surface area contributed by atoms with Crippen LogP contribution in [0.15, 0.2) is 12.2 Å². The van der Waals surface area contributed by atoms with Crippen LogP contribution in [0.2, 0.25) is 0 Å². The van der Waals surface area contributed by atoms with Gasteiger partial charge in [0, 0.05) is 0 Å². The Labute approximate surface area is 94.4 Å². The number of fused-ring (bicyclic) bond motifs is 5. The van der Waals surface area contributed by atoms with Gasteiger partial charge in [0.05, 0.1) is 0 Å². The highest BCUT2D eigenvalue weighted by molar-refractivity contribution is 5.43. The fraction of sp³-hybridized carbons (Fsp3) is 0.778. The number of rotatable bonds is 0. The highest BCUT2D eigenvalue weighted by Gasteiger charge is 3.04. The first-order chi connectivity index (χ1) is 7.96. The van der Waals surface area contributed by atoms with E-state index in [4.69, 9.17) is 0 Å².